The zero-order valence-corrected chi connectivity index (χ0v) is 15.3. The van der Waals surface area contributed by atoms with Crippen molar-refractivity contribution in [3.8, 4) is 11.5 Å². The van der Waals surface area contributed by atoms with Crippen LogP contribution in [0, 0.1) is 0 Å². The number of rotatable bonds is 5. The summed E-state index contributed by atoms with van der Waals surface area (Å²) < 4.78 is 15.6. The van der Waals surface area contributed by atoms with Crippen LogP contribution in [0.2, 0.25) is 10.0 Å². The van der Waals surface area contributed by atoms with Gasteiger partial charge in [0.15, 0.2) is 18.1 Å². The topological polar surface area (TPSA) is 73.9 Å². The van der Waals surface area contributed by atoms with Crippen LogP contribution in [0.4, 0.5) is 0 Å². The third-order valence-corrected chi connectivity index (χ3v) is 4.41. The lowest BCUT2D eigenvalue weighted by atomic mass is 10.1. The van der Waals surface area contributed by atoms with Crippen LogP contribution < -0.4 is 14.8 Å². The summed E-state index contributed by atoms with van der Waals surface area (Å²) in [6, 6.07) is 9.75. The molecule has 0 unspecified atom stereocenters. The van der Waals surface area contributed by atoms with Gasteiger partial charge in [0.1, 0.15) is 0 Å². The molecule has 8 heteroatoms. The number of hydrogen-bond acceptors (Lipinski definition) is 5. The van der Waals surface area contributed by atoms with Crippen LogP contribution in [-0.4, -0.2) is 25.3 Å². The summed E-state index contributed by atoms with van der Waals surface area (Å²) in [7, 11) is 0. The first kappa shape index (κ1) is 18.4. The van der Waals surface area contributed by atoms with Gasteiger partial charge >= 0.3 is 5.97 Å². The van der Waals surface area contributed by atoms with E-state index >= 15 is 0 Å². The number of carbonyl (C=O) groups excluding carboxylic acids is 2. The second-order valence-electron chi connectivity index (χ2n) is 5.57. The summed E-state index contributed by atoms with van der Waals surface area (Å²) in [5, 5.41) is 3.07. The average molecular weight is 396 g/mol. The normalized spacial score (nSPS) is 13.2. The number of hydrogen-bond donors (Lipinski definition) is 1. The standard InChI is InChI=1S/C18H15Cl2NO5/c1-10(11-5-6-14-15(7-11)26-9-25-14)21-16(22)8-24-18(23)17-12(19)3-2-4-13(17)20/h2-7,10H,8-9H2,1H3,(H,21,22)/t10-/m1/s1. The van der Waals surface area contributed by atoms with Crippen LogP contribution >= 0.6 is 23.2 Å². The van der Waals surface area contributed by atoms with E-state index < -0.39 is 18.5 Å². The minimum atomic E-state index is -0.758. The van der Waals surface area contributed by atoms with Crippen LogP contribution in [0.1, 0.15) is 28.9 Å². The highest BCUT2D eigenvalue weighted by Gasteiger charge is 2.19. The van der Waals surface area contributed by atoms with E-state index in [9.17, 15) is 9.59 Å². The van der Waals surface area contributed by atoms with Crippen molar-refractivity contribution in [1.82, 2.24) is 5.32 Å². The van der Waals surface area contributed by atoms with E-state index in [0.717, 1.165) is 5.56 Å². The summed E-state index contributed by atoms with van der Waals surface area (Å²) >= 11 is 11.9. The Morgan fingerprint density at radius 3 is 2.58 bits per heavy atom. The van der Waals surface area contributed by atoms with E-state index in [1.807, 2.05) is 13.0 Å². The number of carbonyl (C=O) groups is 2. The van der Waals surface area contributed by atoms with Crippen LogP contribution in [0.3, 0.4) is 0 Å². The minimum absolute atomic E-state index is 0.0347. The molecular weight excluding hydrogens is 381 g/mol. The average Bonchev–Trinajstić information content (AvgIpc) is 3.07. The van der Waals surface area contributed by atoms with Crippen molar-refractivity contribution >= 4 is 35.1 Å². The molecule has 2 aromatic rings. The highest BCUT2D eigenvalue weighted by molar-refractivity contribution is 6.39. The van der Waals surface area contributed by atoms with E-state index in [4.69, 9.17) is 37.4 Å². The second-order valence-corrected chi connectivity index (χ2v) is 6.39. The van der Waals surface area contributed by atoms with E-state index in [1.54, 1.807) is 18.2 Å². The largest absolute Gasteiger partial charge is 0.454 e. The van der Waals surface area contributed by atoms with E-state index in [2.05, 4.69) is 5.32 Å². The smallest absolute Gasteiger partial charge is 0.341 e. The molecule has 0 bridgehead atoms. The van der Waals surface area contributed by atoms with Crippen LogP contribution in [-0.2, 0) is 9.53 Å². The monoisotopic (exact) mass is 395 g/mol. The van der Waals surface area contributed by atoms with Crippen molar-refractivity contribution in [3.05, 3.63) is 57.6 Å². The van der Waals surface area contributed by atoms with Crippen molar-refractivity contribution in [3.63, 3.8) is 0 Å². The lowest BCUT2D eigenvalue weighted by Gasteiger charge is -2.15. The molecule has 0 saturated heterocycles. The SMILES string of the molecule is C[C@@H](NC(=O)COC(=O)c1c(Cl)cccc1Cl)c1ccc2c(c1)OCO2. The Balaban J connectivity index is 1.56. The van der Waals surface area contributed by atoms with Crippen molar-refractivity contribution in [2.45, 2.75) is 13.0 Å². The van der Waals surface area contributed by atoms with E-state index in [1.165, 1.54) is 12.1 Å². The summed E-state index contributed by atoms with van der Waals surface area (Å²) in [6.07, 6.45) is 0. The van der Waals surface area contributed by atoms with Gasteiger partial charge in [-0.2, -0.15) is 0 Å². The summed E-state index contributed by atoms with van der Waals surface area (Å²) in [5.74, 6) is 0.0828. The number of benzene rings is 2. The Hall–Kier alpha value is -2.44. The second kappa shape index (κ2) is 7.85. The number of nitrogens with one attached hydrogen (secondary N) is 1. The number of fused-ring (bicyclic) bond motifs is 1. The number of ether oxygens (including phenoxy) is 3. The van der Waals surface area contributed by atoms with Gasteiger partial charge in [-0.05, 0) is 36.8 Å². The predicted octanol–water partition coefficient (Wildman–Crippen LogP) is 3.76. The highest BCUT2D eigenvalue weighted by atomic mass is 35.5. The minimum Gasteiger partial charge on any atom is -0.454 e. The van der Waals surface area contributed by atoms with Crippen LogP contribution in [0.25, 0.3) is 0 Å². The van der Waals surface area contributed by atoms with Gasteiger partial charge in [0, 0.05) is 0 Å². The van der Waals surface area contributed by atoms with Gasteiger partial charge in [-0.25, -0.2) is 4.79 Å². The van der Waals surface area contributed by atoms with Crippen LogP contribution in [0.15, 0.2) is 36.4 Å². The lowest BCUT2D eigenvalue weighted by Crippen LogP contribution is -2.31. The molecule has 0 spiro atoms. The molecule has 2 aromatic carbocycles. The van der Waals surface area contributed by atoms with Gasteiger partial charge in [0.25, 0.3) is 5.91 Å². The molecular formula is C18H15Cl2NO5. The summed E-state index contributed by atoms with van der Waals surface area (Å²) in [6.45, 7) is 1.54. The van der Waals surface area contributed by atoms with Gasteiger partial charge in [-0.1, -0.05) is 35.3 Å². The molecule has 1 N–H and O–H groups in total. The summed E-state index contributed by atoms with van der Waals surface area (Å²) in [4.78, 5) is 24.1. The molecule has 3 rings (SSSR count). The molecule has 0 aliphatic carbocycles. The van der Waals surface area contributed by atoms with Gasteiger partial charge < -0.3 is 19.5 Å². The van der Waals surface area contributed by atoms with Crippen molar-refractivity contribution < 1.29 is 23.8 Å². The molecule has 1 aliphatic rings. The fraction of sp³-hybridized carbons (Fsp3) is 0.222. The predicted molar refractivity (Wildman–Crippen MR) is 95.9 cm³/mol. The fourth-order valence-corrected chi connectivity index (χ4v) is 3.00. The highest BCUT2D eigenvalue weighted by Crippen LogP contribution is 2.34. The Kier molecular flexibility index (Phi) is 5.54. The molecule has 1 atom stereocenters. The van der Waals surface area contributed by atoms with Crippen molar-refractivity contribution in [2.24, 2.45) is 0 Å². The van der Waals surface area contributed by atoms with Crippen molar-refractivity contribution in [2.75, 3.05) is 13.4 Å². The first-order valence-electron chi connectivity index (χ1n) is 7.75. The maximum absolute atomic E-state index is 12.1. The first-order valence-corrected chi connectivity index (χ1v) is 8.51. The van der Waals surface area contributed by atoms with E-state index in [0.29, 0.717) is 11.5 Å². The zero-order valence-electron chi connectivity index (χ0n) is 13.8. The zero-order chi connectivity index (χ0) is 18.7. The molecule has 6 nitrogen and oxygen atoms in total. The third-order valence-electron chi connectivity index (χ3n) is 3.78. The van der Waals surface area contributed by atoms with Gasteiger partial charge in [0.2, 0.25) is 6.79 Å². The lowest BCUT2D eigenvalue weighted by molar-refractivity contribution is -0.124. The molecule has 1 heterocycles. The van der Waals surface area contributed by atoms with Gasteiger partial charge in [-0.15, -0.1) is 0 Å². The van der Waals surface area contributed by atoms with E-state index in [-0.39, 0.29) is 28.4 Å². The number of halogens is 2. The molecule has 0 fully saturated rings. The molecule has 0 aromatic heterocycles. The molecule has 0 radical (unpaired) electrons. The Labute approximate surface area is 159 Å². The van der Waals surface area contributed by atoms with Crippen LogP contribution in [0.5, 0.6) is 11.5 Å². The Bertz CT molecular complexity index is 835. The summed E-state index contributed by atoms with van der Waals surface area (Å²) in [5.41, 5.74) is 0.871. The third kappa shape index (κ3) is 4.03. The fourth-order valence-electron chi connectivity index (χ4n) is 2.45. The molecule has 0 saturated carbocycles. The molecule has 1 amide bonds. The van der Waals surface area contributed by atoms with Crippen molar-refractivity contribution in [1.29, 1.82) is 0 Å². The molecule has 136 valence electrons. The van der Waals surface area contributed by atoms with Gasteiger partial charge in [-0.3, -0.25) is 4.79 Å². The number of esters is 1. The maximum Gasteiger partial charge on any atom is 0.341 e. The Morgan fingerprint density at radius 2 is 1.85 bits per heavy atom. The van der Waals surface area contributed by atoms with Gasteiger partial charge in [0.05, 0.1) is 21.7 Å². The maximum atomic E-state index is 12.1. The Morgan fingerprint density at radius 1 is 1.15 bits per heavy atom. The molecule has 1 aliphatic heterocycles. The molecule has 26 heavy (non-hydrogen) atoms. The quantitative estimate of drug-likeness (QED) is 0.780. The first-order chi connectivity index (χ1) is 12.5. The number of amides is 1.